The van der Waals surface area contributed by atoms with Crippen LogP contribution in [0.1, 0.15) is 28.0 Å². The molecule has 0 spiro atoms. The first kappa shape index (κ1) is 21.5. The Balaban J connectivity index is 1.65. The molecule has 1 aliphatic heterocycles. The van der Waals surface area contributed by atoms with Gasteiger partial charge in [0.05, 0.1) is 11.5 Å². The summed E-state index contributed by atoms with van der Waals surface area (Å²) in [5, 5.41) is 4.35. The molecule has 31 heavy (non-hydrogen) atoms. The molecule has 1 atom stereocenters. The first-order valence-electron chi connectivity index (χ1n) is 9.71. The lowest BCUT2D eigenvalue weighted by Gasteiger charge is -2.28. The lowest BCUT2D eigenvalue weighted by molar-refractivity contribution is 0.0670. The Labute approximate surface area is 184 Å². The van der Waals surface area contributed by atoms with Gasteiger partial charge in [0.1, 0.15) is 5.82 Å². The van der Waals surface area contributed by atoms with Crippen molar-refractivity contribution in [2.24, 2.45) is 0 Å². The maximum atomic E-state index is 13.9. The SMILES string of the molecule is Cc1ccc(-c2cc(C(=O)N(Cc3ccccc3Cl)C3CCS(=O)(=O)C3)no2)cc1F. The largest absolute Gasteiger partial charge is 0.355 e. The average Bonchev–Trinajstić information content (AvgIpc) is 3.36. The molecule has 6 nitrogen and oxygen atoms in total. The van der Waals surface area contributed by atoms with Crippen LogP contribution < -0.4 is 0 Å². The van der Waals surface area contributed by atoms with Crippen LogP contribution in [0.4, 0.5) is 4.39 Å². The molecule has 0 N–H and O–H groups in total. The fourth-order valence-corrected chi connectivity index (χ4v) is 5.53. The van der Waals surface area contributed by atoms with Gasteiger partial charge in [-0.25, -0.2) is 12.8 Å². The number of rotatable bonds is 5. The van der Waals surface area contributed by atoms with E-state index in [2.05, 4.69) is 5.16 Å². The third kappa shape index (κ3) is 4.65. The quantitative estimate of drug-likeness (QED) is 0.565. The van der Waals surface area contributed by atoms with Crippen LogP contribution in [0.15, 0.2) is 53.1 Å². The van der Waals surface area contributed by atoms with Crippen molar-refractivity contribution in [3.63, 3.8) is 0 Å². The Kier molecular flexibility index (Phi) is 5.85. The van der Waals surface area contributed by atoms with E-state index < -0.39 is 27.6 Å². The highest BCUT2D eigenvalue weighted by Gasteiger charge is 2.36. The molecule has 2 heterocycles. The number of hydrogen-bond donors (Lipinski definition) is 0. The number of halogens is 2. The summed E-state index contributed by atoms with van der Waals surface area (Å²) in [5.41, 5.74) is 1.67. The Morgan fingerprint density at radius 3 is 2.71 bits per heavy atom. The lowest BCUT2D eigenvalue weighted by Crippen LogP contribution is -2.40. The normalized spacial score (nSPS) is 17.6. The van der Waals surface area contributed by atoms with Crippen LogP contribution in [0.2, 0.25) is 5.02 Å². The minimum Gasteiger partial charge on any atom is -0.355 e. The number of aromatic nitrogens is 1. The molecule has 4 rings (SSSR count). The van der Waals surface area contributed by atoms with Crippen molar-refractivity contribution in [1.29, 1.82) is 0 Å². The number of benzene rings is 2. The van der Waals surface area contributed by atoms with Crippen LogP contribution in [-0.4, -0.2) is 41.9 Å². The van der Waals surface area contributed by atoms with Gasteiger partial charge in [0.25, 0.3) is 5.91 Å². The number of hydrogen-bond acceptors (Lipinski definition) is 5. The second kappa shape index (κ2) is 8.43. The highest BCUT2D eigenvalue weighted by Crippen LogP contribution is 2.27. The van der Waals surface area contributed by atoms with Crippen molar-refractivity contribution in [3.05, 3.63) is 76.2 Å². The van der Waals surface area contributed by atoms with Crippen LogP contribution >= 0.6 is 11.6 Å². The van der Waals surface area contributed by atoms with E-state index in [-0.39, 0.29) is 29.5 Å². The molecule has 0 radical (unpaired) electrons. The number of carbonyl (C=O) groups is 1. The summed E-state index contributed by atoms with van der Waals surface area (Å²) in [5.74, 6) is -0.699. The molecule has 1 aromatic heterocycles. The van der Waals surface area contributed by atoms with Crippen LogP contribution in [0.3, 0.4) is 0 Å². The van der Waals surface area contributed by atoms with Gasteiger partial charge in [0, 0.05) is 29.2 Å². The smallest absolute Gasteiger partial charge is 0.276 e. The van der Waals surface area contributed by atoms with Crippen LogP contribution in [0.25, 0.3) is 11.3 Å². The van der Waals surface area contributed by atoms with Gasteiger partial charge < -0.3 is 9.42 Å². The third-order valence-corrected chi connectivity index (χ3v) is 7.51. The molecule has 1 saturated heterocycles. The van der Waals surface area contributed by atoms with Gasteiger partial charge in [-0.3, -0.25) is 4.79 Å². The number of sulfone groups is 1. The second-order valence-corrected chi connectivity index (χ2v) is 10.3. The molecule has 0 saturated carbocycles. The van der Waals surface area contributed by atoms with Gasteiger partial charge in [-0.15, -0.1) is 0 Å². The monoisotopic (exact) mass is 462 g/mol. The summed E-state index contributed by atoms with van der Waals surface area (Å²) in [6, 6.07) is 12.6. The fourth-order valence-electron chi connectivity index (χ4n) is 3.60. The molecule has 1 aliphatic rings. The molecule has 1 unspecified atom stereocenters. The maximum Gasteiger partial charge on any atom is 0.276 e. The zero-order chi connectivity index (χ0) is 22.2. The van der Waals surface area contributed by atoms with Crippen LogP contribution in [0.5, 0.6) is 0 Å². The summed E-state index contributed by atoms with van der Waals surface area (Å²) < 4.78 is 43.3. The minimum absolute atomic E-state index is 0.0207. The standard InChI is InChI=1S/C22H20ClFN2O4S/c1-14-6-7-15(10-19(14)24)21-11-20(25-30-21)22(27)26(17-8-9-31(28,29)13-17)12-16-4-2-3-5-18(16)23/h2-7,10-11,17H,8-9,12-13H2,1H3. The Morgan fingerprint density at radius 2 is 2.03 bits per heavy atom. The summed E-state index contributed by atoms with van der Waals surface area (Å²) in [6.07, 6.45) is 0.340. The van der Waals surface area contributed by atoms with Crippen molar-refractivity contribution < 1.29 is 22.1 Å². The van der Waals surface area contributed by atoms with Crippen molar-refractivity contribution in [2.75, 3.05) is 11.5 Å². The maximum absolute atomic E-state index is 13.9. The van der Waals surface area contributed by atoms with Gasteiger partial charge in [-0.05, 0) is 36.6 Å². The minimum atomic E-state index is -3.22. The first-order chi connectivity index (χ1) is 14.7. The van der Waals surface area contributed by atoms with Crippen molar-refractivity contribution >= 4 is 27.3 Å². The zero-order valence-electron chi connectivity index (χ0n) is 16.7. The molecular weight excluding hydrogens is 443 g/mol. The number of nitrogens with zero attached hydrogens (tertiary/aromatic N) is 2. The third-order valence-electron chi connectivity index (χ3n) is 5.39. The van der Waals surface area contributed by atoms with Gasteiger partial charge in [0.2, 0.25) is 0 Å². The molecule has 1 fully saturated rings. The molecule has 162 valence electrons. The van der Waals surface area contributed by atoms with E-state index in [0.29, 0.717) is 28.1 Å². The predicted molar refractivity (Wildman–Crippen MR) is 115 cm³/mol. The highest BCUT2D eigenvalue weighted by atomic mass is 35.5. The average molecular weight is 463 g/mol. The van der Waals surface area contributed by atoms with E-state index in [1.165, 1.54) is 17.0 Å². The van der Waals surface area contributed by atoms with E-state index in [0.717, 1.165) is 0 Å². The van der Waals surface area contributed by atoms with E-state index in [1.54, 1.807) is 43.3 Å². The molecule has 2 aromatic carbocycles. The topological polar surface area (TPSA) is 80.5 Å². The van der Waals surface area contributed by atoms with Gasteiger partial charge in [0.15, 0.2) is 21.3 Å². The van der Waals surface area contributed by atoms with Gasteiger partial charge >= 0.3 is 0 Å². The number of aryl methyl sites for hydroxylation is 1. The molecule has 1 amide bonds. The Bertz CT molecular complexity index is 1240. The lowest BCUT2D eigenvalue weighted by atomic mass is 10.1. The Hall–Kier alpha value is -2.71. The van der Waals surface area contributed by atoms with Gasteiger partial charge in [-0.1, -0.05) is 47.1 Å². The van der Waals surface area contributed by atoms with E-state index in [4.69, 9.17) is 16.1 Å². The van der Waals surface area contributed by atoms with E-state index in [9.17, 15) is 17.6 Å². The first-order valence-corrected chi connectivity index (χ1v) is 11.9. The van der Waals surface area contributed by atoms with E-state index in [1.807, 2.05) is 0 Å². The van der Waals surface area contributed by atoms with Gasteiger partial charge in [-0.2, -0.15) is 0 Å². The summed E-state index contributed by atoms with van der Waals surface area (Å²) in [4.78, 5) is 14.8. The molecule has 0 bridgehead atoms. The Morgan fingerprint density at radius 1 is 1.26 bits per heavy atom. The fraction of sp³-hybridized carbons (Fsp3) is 0.273. The van der Waals surface area contributed by atoms with Crippen LogP contribution in [-0.2, 0) is 16.4 Å². The van der Waals surface area contributed by atoms with Crippen molar-refractivity contribution in [3.8, 4) is 11.3 Å². The number of amides is 1. The van der Waals surface area contributed by atoms with Crippen molar-refractivity contribution in [2.45, 2.75) is 25.9 Å². The molecular formula is C22H20ClFN2O4S. The van der Waals surface area contributed by atoms with E-state index >= 15 is 0 Å². The van der Waals surface area contributed by atoms with Crippen LogP contribution in [0, 0.1) is 12.7 Å². The van der Waals surface area contributed by atoms with Crippen molar-refractivity contribution in [1.82, 2.24) is 10.1 Å². The number of carbonyl (C=O) groups excluding carboxylic acids is 1. The summed E-state index contributed by atoms with van der Waals surface area (Å²) >= 11 is 6.27. The zero-order valence-corrected chi connectivity index (χ0v) is 18.3. The predicted octanol–water partition coefficient (Wildman–Crippen LogP) is 4.27. The molecule has 3 aromatic rings. The second-order valence-electron chi connectivity index (χ2n) is 7.62. The molecule has 0 aliphatic carbocycles. The summed E-state index contributed by atoms with van der Waals surface area (Å²) in [6.45, 7) is 1.79. The summed E-state index contributed by atoms with van der Waals surface area (Å²) in [7, 11) is -3.22. The molecule has 9 heteroatoms. The highest BCUT2D eigenvalue weighted by molar-refractivity contribution is 7.91.